The zero-order valence-electron chi connectivity index (χ0n) is 13.1. The summed E-state index contributed by atoms with van der Waals surface area (Å²) >= 11 is 0. The first kappa shape index (κ1) is 15.2. The molecule has 1 amide bonds. The fourth-order valence-corrected chi connectivity index (χ4v) is 3.09. The van der Waals surface area contributed by atoms with E-state index in [0.717, 1.165) is 36.6 Å². The molecule has 2 aliphatic heterocycles. The number of carbonyl (C=O) groups is 1. The quantitative estimate of drug-likeness (QED) is 0.905. The number of hydrogen-bond donors (Lipinski definition) is 1. The molecular formula is C17H24N2O3. The summed E-state index contributed by atoms with van der Waals surface area (Å²) in [6.45, 7) is 3.07. The third-order valence-corrected chi connectivity index (χ3v) is 4.51. The number of ether oxygens (including phenoxy) is 2. The van der Waals surface area contributed by atoms with Crippen LogP contribution in [-0.2, 0) is 11.3 Å². The number of rotatable bonds is 5. The first-order valence-corrected chi connectivity index (χ1v) is 8.05. The van der Waals surface area contributed by atoms with Crippen molar-refractivity contribution < 1.29 is 14.3 Å². The molecule has 2 aliphatic rings. The zero-order valence-corrected chi connectivity index (χ0v) is 13.1. The number of fused-ring (bicyclic) bond motifs is 1. The molecule has 0 aliphatic carbocycles. The molecule has 0 unspecified atom stereocenters. The largest absolute Gasteiger partial charge is 0.454 e. The van der Waals surface area contributed by atoms with E-state index in [9.17, 15) is 4.79 Å². The van der Waals surface area contributed by atoms with Crippen molar-refractivity contribution in [2.75, 3.05) is 26.9 Å². The van der Waals surface area contributed by atoms with Gasteiger partial charge in [-0.25, -0.2) is 0 Å². The number of hydrogen-bond acceptors (Lipinski definition) is 4. The van der Waals surface area contributed by atoms with Crippen molar-refractivity contribution in [2.24, 2.45) is 5.92 Å². The van der Waals surface area contributed by atoms with Crippen molar-refractivity contribution in [3.8, 4) is 11.5 Å². The van der Waals surface area contributed by atoms with Gasteiger partial charge in [0, 0.05) is 20.0 Å². The molecule has 0 radical (unpaired) electrons. The van der Waals surface area contributed by atoms with E-state index in [0.29, 0.717) is 18.9 Å². The summed E-state index contributed by atoms with van der Waals surface area (Å²) in [5.41, 5.74) is 1.07. The van der Waals surface area contributed by atoms with E-state index in [1.807, 2.05) is 25.2 Å². The molecule has 1 saturated heterocycles. The topological polar surface area (TPSA) is 50.8 Å². The molecule has 5 heteroatoms. The molecule has 1 aromatic rings. The van der Waals surface area contributed by atoms with E-state index in [2.05, 4.69) is 5.32 Å². The van der Waals surface area contributed by atoms with Gasteiger partial charge in [-0.05, 0) is 56.0 Å². The molecule has 0 aromatic heterocycles. The van der Waals surface area contributed by atoms with Gasteiger partial charge in [0.25, 0.3) is 0 Å². The molecule has 1 N–H and O–H groups in total. The Labute approximate surface area is 131 Å². The number of nitrogens with zero attached hydrogens (tertiary/aromatic N) is 1. The van der Waals surface area contributed by atoms with Crippen molar-refractivity contribution in [1.29, 1.82) is 0 Å². The van der Waals surface area contributed by atoms with Crippen LogP contribution in [0.1, 0.15) is 31.2 Å². The minimum absolute atomic E-state index is 0.219. The zero-order chi connectivity index (χ0) is 15.4. The predicted octanol–water partition coefficient (Wildman–Crippen LogP) is 2.15. The van der Waals surface area contributed by atoms with Crippen LogP contribution in [0.4, 0.5) is 0 Å². The van der Waals surface area contributed by atoms with E-state index in [4.69, 9.17) is 9.47 Å². The van der Waals surface area contributed by atoms with Crippen LogP contribution < -0.4 is 14.8 Å². The maximum atomic E-state index is 12.3. The highest BCUT2D eigenvalue weighted by molar-refractivity contribution is 5.75. The van der Waals surface area contributed by atoms with Gasteiger partial charge in [0.2, 0.25) is 12.7 Å². The molecular weight excluding hydrogens is 280 g/mol. The van der Waals surface area contributed by atoms with Crippen molar-refractivity contribution >= 4 is 5.91 Å². The molecule has 2 heterocycles. The van der Waals surface area contributed by atoms with Crippen molar-refractivity contribution in [3.63, 3.8) is 0 Å². The van der Waals surface area contributed by atoms with Gasteiger partial charge in [-0.2, -0.15) is 0 Å². The van der Waals surface area contributed by atoms with Gasteiger partial charge in [0.15, 0.2) is 11.5 Å². The maximum Gasteiger partial charge on any atom is 0.231 e. The molecule has 0 saturated carbocycles. The molecule has 0 atom stereocenters. The molecule has 5 nitrogen and oxygen atoms in total. The summed E-state index contributed by atoms with van der Waals surface area (Å²) in [5, 5.41) is 3.36. The highest BCUT2D eigenvalue weighted by atomic mass is 16.7. The Morgan fingerprint density at radius 2 is 2.05 bits per heavy atom. The van der Waals surface area contributed by atoms with Gasteiger partial charge in [-0.15, -0.1) is 0 Å². The molecule has 22 heavy (non-hydrogen) atoms. The second kappa shape index (κ2) is 7.01. The average Bonchev–Trinajstić information content (AvgIpc) is 3.01. The number of nitrogens with one attached hydrogen (secondary N) is 1. The van der Waals surface area contributed by atoms with E-state index < -0.39 is 0 Å². The Morgan fingerprint density at radius 3 is 2.86 bits per heavy atom. The van der Waals surface area contributed by atoms with E-state index in [-0.39, 0.29) is 12.7 Å². The number of piperidine rings is 1. The third kappa shape index (κ3) is 3.71. The highest BCUT2D eigenvalue weighted by Crippen LogP contribution is 2.32. The fourth-order valence-electron chi connectivity index (χ4n) is 3.09. The Kier molecular flexibility index (Phi) is 4.83. The Balaban J connectivity index is 1.48. The lowest BCUT2D eigenvalue weighted by Gasteiger charge is -2.23. The van der Waals surface area contributed by atoms with Crippen LogP contribution in [-0.4, -0.2) is 37.7 Å². The van der Waals surface area contributed by atoms with Crippen molar-refractivity contribution in [1.82, 2.24) is 10.2 Å². The first-order valence-electron chi connectivity index (χ1n) is 8.05. The molecule has 1 fully saturated rings. The summed E-state index contributed by atoms with van der Waals surface area (Å²) < 4.78 is 10.7. The van der Waals surface area contributed by atoms with Gasteiger partial charge < -0.3 is 19.7 Å². The minimum atomic E-state index is 0.219. The lowest BCUT2D eigenvalue weighted by Crippen LogP contribution is -2.30. The van der Waals surface area contributed by atoms with Gasteiger partial charge in [-0.1, -0.05) is 6.07 Å². The van der Waals surface area contributed by atoms with Gasteiger partial charge in [-0.3, -0.25) is 4.79 Å². The Bertz CT molecular complexity index is 527. The molecule has 120 valence electrons. The normalized spacial score (nSPS) is 17.5. The Hall–Kier alpha value is -1.75. The van der Waals surface area contributed by atoms with Crippen LogP contribution in [0.15, 0.2) is 18.2 Å². The fraction of sp³-hybridized carbons (Fsp3) is 0.588. The summed E-state index contributed by atoms with van der Waals surface area (Å²) in [5.74, 6) is 2.47. The third-order valence-electron chi connectivity index (χ3n) is 4.51. The smallest absolute Gasteiger partial charge is 0.231 e. The number of amides is 1. The molecule has 0 spiro atoms. The van der Waals surface area contributed by atoms with Crippen LogP contribution >= 0.6 is 0 Å². The minimum Gasteiger partial charge on any atom is -0.454 e. The van der Waals surface area contributed by atoms with E-state index in [1.54, 1.807) is 4.90 Å². The van der Waals surface area contributed by atoms with Gasteiger partial charge >= 0.3 is 0 Å². The second-order valence-corrected chi connectivity index (χ2v) is 6.17. The summed E-state index contributed by atoms with van der Waals surface area (Å²) in [7, 11) is 1.87. The SMILES string of the molecule is CN(Cc1ccc2c(c1)OCO2)C(=O)CCC1CCNCC1. The Morgan fingerprint density at radius 1 is 1.27 bits per heavy atom. The van der Waals surface area contributed by atoms with Crippen LogP contribution in [0.2, 0.25) is 0 Å². The molecule has 1 aromatic carbocycles. The monoisotopic (exact) mass is 304 g/mol. The molecule has 0 bridgehead atoms. The highest BCUT2D eigenvalue weighted by Gasteiger charge is 2.18. The van der Waals surface area contributed by atoms with E-state index in [1.165, 1.54) is 12.8 Å². The van der Waals surface area contributed by atoms with Crippen molar-refractivity contribution in [3.05, 3.63) is 23.8 Å². The van der Waals surface area contributed by atoms with Gasteiger partial charge in [0.05, 0.1) is 0 Å². The van der Waals surface area contributed by atoms with Crippen LogP contribution in [0.5, 0.6) is 11.5 Å². The van der Waals surface area contributed by atoms with Crippen LogP contribution in [0.3, 0.4) is 0 Å². The van der Waals surface area contributed by atoms with Crippen LogP contribution in [0.25, 0.3) is 0 Å². The molecule has 3 rings (SSSR count). The van der Waals surface area contributed by atoms with Crippen molar-refractivity contribution in [2.45, 2.75) is 32.2 Å². The van der Waals surface area contributed by atoms with Crippen LogP contribution in [0, 0.1) is 5.92 Å². The average molecular weight is 304 g/mol. The number of benzene rings is 1. The first-order chi connectivity index (χ1) is 10.7. The maximum absolute atomic E-state index is 12.3. The van der Waals surface area contributed by atoms with Gasteiger partial charge in [0.1, 0.15) is 0 Å². The lowest BCUT2D eigenvalue weighted by atomic mass is 9.93. The second-order valence-electron chi connectivity index (χ2n) is 6.17. The summed E-state index contributed by atoms with van der Waals surface area (Å²) in [6, 6.07) is 5.86. The summed E-state index contributed by atoms with van der Waals surface area (Å²) in [6.07, 6.45) is 4.04. The summed E-state index contributed by atoms with van der Waals surface area (Å²) in [4.78, 5) is 14.1. The predicted molar refractivity (Wildman–Crippen MR) is 83.9 cm³/mol. The number of carbonyl (C=O) groups excluding carboxylic acids is 1. The van der Waals surface area contributed by atoms with E-state index >= 15 is 0 Å². The lowest BCUT2D eigenvalue weighted by molar-refractivity contribution is -0.130. The standard InChI is InChI=1S/C17H24N2O3/c1-19(17(20)5-3-13-6-8-18-9-7-13)11-14-2-4-15-16(10-14)22-12-21-15/h2,4,10,13,18H,3,5-9,11-12H2,1H3.